The highest BCUT2D eigenvalue weighted by atomic mass is 19.1. The van der Waals surface area contributed by atoms with Crippen molar-refractivity contribution in [1.82, 2.24) is 15.5 Å². The molecule has 1 aliphatic rings. The van der Waals surface area contributed by atoms with E-state index in [0.29, 0.717) is 37.1 Å². The van der Waals surface area contributed by atoms with Gasteiger partial charge in [0.15, 0.2) is 5.96 Å². The van der Waals surface area contributed by atoms with Gasteiger partial charge in [0.1, 0.15) is 5.82 Å². The second-order valence-electron chi connectivity index (χ2n) is 6.40. The Bertz CT molecular complexity index is 591. The number of hydrogen-bond donors (Lipinski definition) is 2. The molecule has 1 amide bonds. The molecule has 0 radical (unpaired) electrons. The normalized spacial score (nSPS) is 18.1. The third-order valence-corrected chi connectivity index (χ3v) is 4.46. The minimum atomic E-state index is -0.253. The van der Waals surface area contributed by atoms with Crippen molar-refractivity contribution in [3.63, 3.8) is 0 Å². The first kappa shape index (κ1) is 19.2. The first-order chi connectivity index (χ1) is 12.1. The fourth-order valence-corrected chi connectivity index (χ4v) is 3.03. The largest absolute Gasteiger partial charge is 0.357 e. The van der Waals surface area contributed by atoms with Crippen LogP contribution in [0.2, 0.25) is 0 Å². The van der Waals surface area contributed by atoms with Crippen molar-refractivity contribution in [3.05, 3.63) is 35.6 Å². The molecule has 5 nitrogen and oxygen atoms in total. The van der Waals surface area contributed by atoms with Crippen molar-refractivity contribution in [2.45, 2.75) is 52.1 Å². The minimum absolute atomic E-state index is 0.185. The molecule has 2 rings (SSSR count). The molecule has 1 unspecified atom stereocenters. The maximum atomic E-state index is 13.7. The van der Waals surface area contributed by atoms with Crippen molar-refractivity contribution in [2.24, 2.45) is 4.99 Å². The number of nitrogens with one attached hydrogen (secondary N) is 2. The van der Waals surface area contributed by atoms with Crippen LogP contribution in [0.5, 0.6) is 0 Å². The topological polar surface area (TPSA) is 56.7 Å². The van der Waals surface area contributed by atoms with Gasteiger partial charge in [-0.1, -0.05) is 18.2 Å². The van der Waals surface area contributed by atoms with Gasteiger partial charge in [0.05, 0.1) is 6.54 Å². The van der Waals surface area contributed by atoms with Crippen molar-refractivity contribution < 1.29 is 9.18 Å². The molecule has 0 bridgehead atoms. The van der Waals surface area contributed by atoms with E-state index in [1.54, 1.807) is 18.2 Å². The smallest absolute Gasteiger partial charge is 0.224 e. The van der Waals surface area contributed by atoms with Gasteiger partial charge in [0, 0.05) is 37.7 Å². The van der Waals surface area contributed by atoms with Crippen LogP contribution in [0.4, 0.5) is 4.39 Å². The molecule has 0 aliphatic carbocycles. The van der Waals surface area contributed by atoms with Crippen LogP contribution in [0.3, 0.4) is 0 Å². The summed E-state index contributed by atoms with van der Waals surface area (Å²) >= 11 is 0. The van der Waals surface area contributed by atoms with Gasteiger partial charge in [-0.05, 0) is 39.2 Å². The van der Waals surface area contributed by atoms with Gasteiger partial charge in [-0.3, -0.25) is 4.79 Å². The maximum absolute atomic E-state index is 13.7. The summed E-state index contributed by atoms with van der Waals surface area (Å²) in [6.07, 6.45) is 3.83. The Kier molecular flexibility index (Phi) is 7.70. The van der Waals surface area contributed by atoms with Gasteiger partial charge in [-0.25, -0.2) is 9.38 Å². The summed E-state index contributed by atoms with van der Waals surface area (Å²) in [7, 11) is 0. The van der Waals surface area contributed by atoms with Crippen LogP contribution in [0.1, 0.15) is 45.1 Å². The standard InChI is InChI=1S/C19H29FN4O/c1-3-21-19(23-14-16-9-4-5-10-17(16)20)22-12-11-18(25)24-13-7-6-8-15(24)2/h4-5,9-10,15H,3,6-8,11-14H2,1-2H3,(H2,21,22,23). The summed E-state index contributed by atoms with van der Waals surface area (Å²) in [4.78, 5) is 18.7. The molecule has 2 N–H and O–H groups in total. The van der Waals surface area contributed by atoms with Gasteiger partial charge >= 0.3 is 0 Å². The summed E-state index contributed by atoms with van der Waals surface area (Å²) in [5.41, 5.74) is 0.554. The SMILES string of the molecule is CCNC(=NCc1ccccc1F)NCCC(=O)N1CCCCC1C. The number of carbonyl (C=O) groups is 1. The molecule has 1 aromatic rings. The average molecular weight is 348 g/mol. The quantitative estimate of drug-likeness (QED) is 0.614. The zero-order valence-electron chi connectivity index (χ0n) is 15.2. The second kappa shape index (κ2) is 10.0. The maximum Gasteiger partial charge on any atom is 0.224 e. The predicted molar refractivity (Wildman–Crippen MR) is 98.9 cm³/mol. The molecule has 1 atom stereocenters. The highest BCUT2D eigenvalue weighted by Gasteiger charge is 2.22. The number of piperidine rings is 1. The number of benzene rings is 1. The van der Waals surface area contributed by atoms with Crippen molar-refractivity contribution in [1.29, 1.82) is 0 Å². The zero-order chi connectivity index (χ0) is 18.1. The first-order valence-electron chi connectivity index (χ1n) is 9.17. The molecule has 0 saturated carbocycles. The third-order valence-electron chi connectivity index (χ3n) is 4.46. The van der Waals surface area contributed by atoms with E-state index in [1.165, 1.54) is 12.5 Å². The van der Waals surface area contributed by atoms with E-state index in [9.17, 15) is 9.18 Å². The second-order valence-corrected chi connectivity index (χ2v) is 6.40. The average Bonchev–Trinajstić information content (AvgIpc) is 2.61. The first-order valence-corrected chi connectivity index (χ1v) is 9.17. The van der Waals surface area contributed by atoms with Crippen molar-refractivity contribution >= 4 is 11.9 Å². The summed E-state index contributed by atoms with van der Waals surface area (Å²) in [6.45, 7) is 6.44. The lowest BCUT2D eigenvalue weighted by Gasteiger charge is -2.33. The lowest BCUT2D eigenvalue weighted by atomic mass is 10.0. The Hall–Kier alpha value is -2.11. The van der Waals surface area contributed by atoms with Crippen LogP contribution >= 0.6 is 0 Å². The molecule has 0 aromatic heterocycles. The van der Waals surface area contributed by atoms with E-state index in [0.717, 1.165) is 19.4 Å². The van der Waals surface area contributed by atoms with E-state index in [4.69, 9.17) is 0 Å². The molecule has 6 heteroatoms. The molecule has 138 valence electrons. The molecule has 1 heterocycles. The monoisotopic (exact) mass is 348 g/mol. The lowest BCUT2D eigenvalue weighted by molar-refractivity contribution is -0.134. The van der Waals surface area contributed by atoms with Crippen LogP contribution in [0.15, 0.2) is 29.3 Å². The minimum Gasteiger partial charge on any atom is -0.357 e. The summed E-state index contributed by atoms with van der Waals surface area (Å²) in [5.74, 6) is 0.534. The molecular weight excluding hydrogens is 319 g/mol. The van der Waals surface area contributed by atoms with E-state index >= 15 is 0 Å². The highest BCUT2D eigenvalue weighted by Crippen LogP contribution is 2.17. The zero-order valence-corrected chi connectivity index (χ0v) is 15.2. The Morgan fingerprint density at radius 1 is 1.32 bits per heavy atom. The van der Waals surface area contributed by atoms with Gasteiger partial charge in [-0.2, -0.15) is 0 Å². The van der Waals surface area contributed by atoms with Gasteiger partial charge < -0.3 is 15.5 Å². The van der Waals surface area contributed by atoms with E-state index in [-0.39, 0.29) is 18.3 Å². The van der Waals surface area contributed by atoms with Crippen molar-refractivity contribution in [3.8, 4) is 0 Å². The number of halogens is 1. The fourth-order valence-electron chi connectivity index (χ4n) is 3.03. The van der Waals surface area contributed by atoms with Gasteiger partial charge in [-0.15, -0.1) is 0 Å². The predicted octanol–water partition coefficient (Wildman–Crippen LogP) is 2.67. The number of likely N-dealkylation sites (tertiary alicyclic amines) is 1. The van der Waals surface area contributed by atoms with Crippen LogP contribution in [0, 0.1) is 5.82 Å². The molecule has 0 spiro atoms. The Morgan fingerprint density at radius 2 is 2.12 bits per heavy atom. The van der Waals surface area contributed by atoms with Crippen LogP contribution in [0.25, 0.3) is 0 Å². The lowest BCUT2D eigenvalue weighted by Crippen LogP contribution is -2.44. The molecule has 1 aromatic carbocycles. The van der Waals surface area contributed by atoms with Crippen LogP contribution < -0.4 is 10.6 Å². The van der Waals surface area contributed by atoms with Gasteiger partial charge in [0.25, 0.3) is 0 Å². The highest BCUT2D eigenvalue weighted by molar-refractivity contribution is 5.81. The van der Waals surface area contributed by atoms with Gasteiger partial charge in [0.2, 0.25) is 5.91 Å². The summed E-state index contributed by atoms with van der Waals surface area (Å²) in [5, 5.41) is 6.29. The number of amides is 1. The molecule has 1 saturated heterocycles. The van der Waals surface area contributed by atoms with E-state index < -0.39 is 0 Å². The molecule has 1 fully saturated rings. The van der Waals surface area contributed by atoms with E-state index in [2.05, 4.69) is 22.5 Å². The number of nitrogens with zero attached hydrogens (tertiary/aromatic N) is 2. The van der Waals surface area contributed by atoms with E-state index in [1.807, 2.05) is 11.8 Å². The number of aliphatic imine (C=N–C) groups is 1. The Labute approximate surface area is 149 Å². The van der Waals surface area contributed by atoms with Crippen molar-refractivity contribution in [2.75, 3.05) is 19.6 Å². The third kappa shape index (κ3) is 6.03. The number of hydrogen-bond acceptors (Lipinski definition) is 2. The number of carbonyl (C=O) groups excluding carboxylic acids is 1. The molecule has 25 heavy (non-hydrogen) atoms. The number of rotatable bonds is 6. The molecular formula is C19H29FN4O. The van der Waals surface area contributed by atoms with Crippen LogP contribution in [-0.2, 0) is 11.3 Å². The summed E-state index contributed by atoms with van der Waals surface area (Å²) in [6, 6.07) is 6.96. The fraction of sp³-hybridized carbons (Fsp3) is 0.579. The van der Waals surface area contributed by atoms with Crippen LogP contribution in [-0.4, -0.2) is 42.4 Å². The summed E-state index contributed by atoms with van der Waals surface area (Å²) < 4.78 is 13.7. The number of guanidine groups is 1. The Morgan fingerprint density at radius 3 is 2.84 bits per heavy atom. The molecule has 1 aliphatic heterocycles. The Balaban J connectivity index is 1.83.